The minimum absolute atomic E-state index is 0.0246. The number of carbonyl (C=O) groups is 2. The largest absolute Gasteiger partial charge is 0.493 e. The Morgan fingerprint density at radius 2 is 1.93 bits per heavy atom. The van der Waals surface area contributed by atoms with E-state index in [4.69, 9.17) is 18.9 Å². The molecule has 1 aliphatic heterocycles. The van der Waals surface area contributed by atoms with Crippen LogP contribution >= 0.6 is 0 Å². The smallest absolute Gasteiger partial charge is 0.331 e. The number of benzene rings is 2. The molecule has 0 saturated heterocycles. The van der Waals surface area contributed by atoms with Crippen LogP contribution in [0.15, 0.2) is 36.4 Å². The Bertz CT molecular complexity index is 1030. The molecule has 0 bridgehead atoms. The van der Waals surface area contributed by atoms with Crippen molar-refractivity contribution in [3.8, 4) is 17.2 Å². The number of hydrogen-bond acceptors (Lipinski definition) is 8. The zero-order valence-electron chi connectivity index (χ0n) is 16.4. The third kappa shape index (κ3) is 4.75. The van der Waals surface area contributed by atoms with Crippen molar-refractivity contribution < 1.29 is 33.5 Å². The third-order valence-corrected chi connectivity index (χ3v) is 4.25. The zero-order valence-corrected chi connectivity index (χ0v) is 16.4. The number of ketones is 1. The molecule has 0 amide bonds. The summed E-state index contributed by atoms with van der Waals surface area (Å²) < 4.78 is 21.1. The summed E-state index contributed by atoms with van der Waals surface area (Å²) in [5.74, 6) is 0.301. The average Bonchev–Trinajstić information content (AvgIpc) is 3.18. The lowest BCUT2D eigenvalue weighted by Crippen LogP contribution is -2.05. The second kappa shape index (κ2) is 9.08. The number of nitro groups is 1. The van der Waals surface area contributed by atoms with E-state index in [0.717, 1.165) is 6.08 Å². The molecule has 9 nitrogen and oxygen atoms in total. The molecule has 0 atom stereocenters. The fraction of sp³-hybridized carbons (Fsp3) is 0.238. The third-order valence-electron chi connectivity index (χ3n) is 4.25. The lowest BCUT2D eigenvalue weighted by atomic mass is 10.1. The normalized spacial score (nSPS) is 12.1. The monoisotopic (exact) mass is 413 g/mol. The van der Waals surface area contributed by atoms with Crippen LogP contribution < -0.4 is 14.2 Å². The molecule has 2 aromatic carbocycles. The average molecular weight is 413 g/mol. The van der Waals surface area contributed by atoms with Crippen molar-refractivity contribution in [1.82, 2.24) is 0 Å². The fourth-order valence-corrected chi connectivity index (χ4v) is 2.80. The van der Waals surface area contributed by atoms with Crippen LogP contribution in [0.5, 0.6) is 17.2 Å². The number of Topliss-reactive ketones (excluding diaryl/α,β-unsaturated/α-hetero) is 1. The topological polar surface area (TPSA) is 114 Å². The van der Waals surface area contributed by atoms with E-state index in [0.29, 0.717) is 29.2 Å². The van der Waals surface area contributed by atoms with Crippen molar-refractivity contribution in [3.05, 3.63) is 63.2 Å². The van der Waals surface area contributed by atoms with Gasteiger partial charge in [-0.2, -0.15) is 0 Å². The molecule has 1 aliphatic rings. The standard InChI is InChI=1S/C21H19NO8/c1-3-27-18-6-4-14(13(2)23)8-16(18)11-28-21(24)7-5-15-9-19-20(30-12-29-19)10-17(15)22(25)26/h4-10H,3,11-12H2,1-2H3/b7-5+. The van der Waals surface area contributed by atoms with Crippen LogP contribution in [0.4, 0.5) is 5.69 Å². The Hall–Kier alpha value is -3.88. The second-order valence-electron chi connectivity index (χ2n) is 6.27. The summed E-state index contributed by atoms with van der Waals surface area (Å²) in [5, 5.41) is 11.3. The molecule has 0 spiro atoms. The van der Waals surface area contributed by atoms with Gasteiger partial charge in [0, 0.05) is 17.2 Å². The van der Waals surface area contributed by atoms with Crippen LogP contribution in [-0.2, 0) is 16.1 Å². The number of rotatable bonds is 8. The minimum Gasteiger partial charge on any atom is -0.493 e. The van der Waals surface area contributed by atoms with Crippen LogP contribution in [0.1, 0.15) is 35.3 Å². The molecule has 30 heavy (non-hydrogen) atoms. The lowest BCUT2D eigenvalue weighted by molar-refractivity contribution is -0.385. The second-order valence-corrected chi connectivity index (χ2v) is 6.27. The maximum atomic E-state index is 12.1. The highest BCUT2D eigenvalue weighted by molar-refractivity contribution is 5.94. The first-order valence-electron chi connectivity index (χ1n) is 9.08. The van der Waals surface area contributed by atoms with Crippen molar-refractivity contribution in [1.29, 1.82) is 0 Å². The predicted molar refractivity (Wildman–Crippen MR) is 106 cm³/mol. The molecular formula is C21H19NO8. The van der Waals surface area contributed by atoms with E-state index >= 15 is 0 Å². The van der Waals surface area contributed by atoms with E-state index in [1.807, 2.05) is 6.92 Å². The summed E-state index contributed by atoms with van der Waals surface area (Å²) in [4.78, 5) is 34.5. The van der Waals surface area contributed by atoms with Gasteiger partial charge in [-0.05, 0) is 44.2 Å². The van der Waals surface area contributed by atoms with Crippen molar-refractivity contribution in [2.45, 2.75) is 20.5 Å². The first-order chi connectivity index (χ1) is 14.4. The number of carbonyl (C=O) groups excluding carboxylic acids is 2. The van der Waals surface area contributed by atoms with Gasteiger partial charge in [0.2, 0.25) is 6.79 Å². The summed E-state index contributed by atoms with van der Waals surface area (Å²) in [5.41, 5.74) is 0.960. The van der Waals surface area contributed by atoms with E-state index in [2.05, 4.69) is 0 Å². The SMILES string of the molecule is CCOc1ccc(C(C)=O)cc1COC(=O)/C=C/c1cc2c(cc1[N+](=O)[O-])OCO2. The molecule has 0 fully saturated rings. The van der Waals surface area contributed by atoms with Gasteiger partial charge in [0.25, 0.3) is 5.69 Å². The highest BCUT2D eigenvalue weighted by atomic mass is 16.7. The number of fused-ring (bicyclic) bond motifs is 1. The quantitative estimate of drug-likeness (QED) is 0.212. The first kappa shape index (κ1) is 20.8. The number of esters is 1. The molecule has 3 rings (SSSR count). The summed E-state index contributed by atoms with van der Waals surface area (Å²) in [6.45, 7) is 3.52. The Kier molecular flexibility index (Phi) is 6.31. The van der Waals surface area contributed by atoms with Gasteiger partial charge in [-0.15, -0.1) is 0 Å². The molecular weight excluding hydrogens is 394 g/mol. The van der Waals surface area contributed by atoms with Crippen LogP contribution in [0.3, 0.4) is 0 Å². The van der Waals surface area contributed by atoms with Crippen molar-refractivity contribution in [2.75, 3.05) is 13.4 Å². The molecule has 2 aromatic rings. The number of ether oxygens (including phenoxy) is 4. The molecule has 9 heteroatoms. The lowest BCUT2D eigenvalue weighted by Gasteiger charge is -2.11. The highest BCUT2D eigenvalue weighted by Gasteiger charge is 2.22. The molecule has 0 aromatic heterocycles. The molecule has 0 aliphatic carbocycles. The Labute approximate surface area is 172 Å². The Morgan fingerprint density at radius 1 is 1.20 bits per heavy atom. The van der Waals surface area contributed by atoms with E-state index < -0.39 is 10.9 Å². The van der Waals surface area contributed by atoms with Gasteiger partial charge in [0.1, 0.15) is 12.4 Å². The van der Waals surface area contributed by atoms with Gasteiger partial charge in [-0.25, -0.2) is 4.79 Å². The van der Waals surface area contributed by atoms with Gasteiger partial charge < -0.3 is 18.9 Å². The molecule has 0 N–H and O–H groups in total. The zero-order chi connectivity index (χ0) is 21.7. The molecule has 1 heterocycles. The molecule has 0 saturated carbocycles. The van der Waals surface area contributed by atoms with Crippen LogP contribution in [0, 0.1) is 10.1 Å². The summed E-state index contributed by atoms with van der Waals surface area (Å²) >= 11 is 0. The molecule has 156 valence electrons. The van der Waals surface area contributed by atoms with E-state index in [-0.39, 0.29) is 36.2 Å². The van der Waals surface area contributed by atoms with Crippen LogP contribution in [0.25, 0.3) is 6.08 Å². The summed E-state index contributed by atoms with van der Waals surface area (Å²) in [6.07, 6.45) is 2.36. The van der Waals surface area contributed by atoms with Gasteiger partial charge in [-0.3, -0.25) is 14.9 Å². The van der Waals surface area contributed by atoms with Gasteiger partial charge in [0.05, 0.1) is 23.2 Å². The maximum Gasteiger partial charge on any atom is 0.331 e. The Morgan fingerprint density at radius 3 is 2.60 bits per heavy atom. The van der Waals surface area contributed by atoms with Gasteiger partial charge >= 0.3 is 5.97 Å². The number of hydrogen-bond donors (Lipinski definition) is 0. The highest BCUT2D eigenvalue weighted by Crippen LogP contribution is 2.38. The van der Waals surface area contributed by atoms with Gasteiger partial charge in [0.15, 0.2) is 17.3 Å². The number of nitrogens with zero attached hydrogens (tertiary/aromatic N) is 1. The maximum absolute atomic E-state index is 12.1. The Balaban J connectivity index is 1.74. The molecule has 0 radical (unpaired) electrons. The summed E-state index contributed by atoms with van der Waals surface area (Å²) in [6, 6.07) is 7.56. The van der Waals surface area contributed by atoms with Gasteiger partial charge in [-0.1, -0.05) is 0 Å². The fourth-order valence-electron chi connectivity index (χ4n) is 2.80. The number of nitro benzene ring substituents is 1. The van der Waals surface area contributed by atoms with E-state index in [1.54, 1.807) is 18.2 Å². The van der Waals surface area contributed by atoms with E-state index in [9.17, 15) is 19.7 Å². The van der Waals surface area contributed by atoms with Crippen molar-refractivity contribution in [3.63, 3.8) is 0 Å². The van der Waals surface area contributed by atoms with Crippen molar-refractivity contribution >= 4 is 23.5 Å². The van der Waals surface area contributed by atoms with E-state index in [1.165, 1.54) is 25.1 Å². The van der Waals surface area contributed by atoms with Crippen LogP contribution in [0.2, 0.25) is 0 Å². The first-order valence-corrected chi connectivity index (χ1v) is 9.08. The molecule has 0 unspecified atom stereocenters. The summed E-state index contributed by atoms with van der Waals surface area (Å²) in [7, 11) is 0. The predicted octanol–water partition coefficient (Wildman–Crippen LogP) is 3.68. The van der Waals surface area contributed by atoms with Crippen molar-refractivity contribution in [2.24, 2.45) is 0 Å². The minimum atomic E-state index is -0.711. The van der Waals surface area contributed by atoms with Crippen LogP contribution in [-0.4, -0.2) is 30.1 Å².